The zero-order valence-corrected chi connectivity index (χ0v) is 22.5. The van der Waals surface area contributed by atoms with Crippen LogP contribution in [-0.2, 0) is 29.4 Å². The minimum absolute atomic E-state index is 0.0206. The molecule has 1 saturated carbocycles. The third-order valence-electron chi connectivity index (χ3n) is 7.98. The summed E-state index contributed by atoms with van der Waals surface area (Å²) in [5.74, 6) is -4.62. The van der Waals surface area contributed by atoms with E-state index >= 15 is 0 Å². The fourth-order valence-corrected chi connectivity index (χ4v) is 7.01. The number of hydrogen-bond acceptors (Lipinski definition) is 5. The van der Waals surface area contributed by atoms with E-state index in [4.69, 9.17) is 0 Å². The third-order valence-corrected chi connectivity index (χ3v) is 9.74. The number of nitrogens with zero attached hydrogens (tertiary/aromatic N) is 4. The molecule has 41 heavy (non-hydrogen) atoms. The van der Waals surface area contributed by atoms with Crippen molar-refractivity contribution in [2.45, 2.75) is 61.8 Å². The van der Waals surface area contributed by atoms with Gasteiger partial charge in [-0.3, -0.25) is 9.48 Å². The maximum Gasteiger partial charge on any atom is 0.417 e. The van der Waals surface area contributed by atoms with E-state index in [1.165, 1.54) is 22.2 Å². The fraction of sp³-hybridized carbons (Fsp3) is 0.625. The molecule has 2 aliphatic rings. The van der Waals surface area contributed by atoms with E-state index in [-0.39, 0.29) is 62.3 Å². The lowest BCUT2D eigenvalue weighted by molar-refractivity contribution is -0.143. The first kappa shape index (κ1) is 31.1. The molecule has 1 aliphatic carbocycles. The summed E-state index contributed by atoms with van der Waals surface area (Å²) in [5, 5.41) is 9.35. The summed E-state index contributed by atoms with van der Waals surface area (Å²) < 4.78 is 136. The van der Waals surface area contributed by atoms with Gasteiger partial charge in [-0.1, -0.05) is 5.21 Å². The first-order chi connectivity index (χ1) is 18.8. The maximum absolute atomic E-state index is 14.1. The van der Waals surface area contributed by atoms with Crippen LogP contribution in [0.5, 0.6) is 0 Å². The van der Waals surface area contributed by atoms with Crippen molar-refractivity contribution in [1.29, 1.82) is 0 Å². The summed E-state index contributed by atoms with van der Waals surface area (Å²) in [4.78, 5) is 12.9. The molecule has 2 fully saturated rings. The first-order valence-corrected chi connectivity index (χ1v) is 14.1. The second-order valence-corrected chi connectivity index (χ2v) is 12.5. The largest absolute Gasteiger partial charge is 0.417 e. The molecule has 0 unspecified atom stereocenters. The first-order valence-electron chi connectivity index (χ1n) is 12.7. The lowest BCUT2D eigenvalue weighted by Gasteiger charge is -2.48. The van der Waals surface area contributed by atoms with E-state index in [2.05, 4.69) is 15.6 Å². The van der Waals surface area contributed by atoms with Crippen LogP contribution in [0, 0.1) is 11.3 Å². The van der Waals surface area contributed by atoms with Crippen LogP contribution in [0.3, 0.4) is 0 Å². The van der Waals surface area contributed by atoms with Crippen molar-refractivity contribution in [3.8, 4) is 0 Å². The fourth-order valence-electron chi connectivity index (χ4n) is 5.63. The number of nitrogens with one attached hydrogen (secondary N) is 1. The predicted molar refractivity (Wildman–Crippen MR) is 127 cm³/mol. The highest BCUT2D eigenvalue weighted by Gasteiger charge is 2.49. The standard InChI is InChI=1S/C24H27F8N5O3S/c1-36-13-19(34-35-36)41(39,40)37-10-4-15(5-11-37)21(6-8-22(25,26)9-7-21)14-33-20(38)17-3-2-16(23(27,28)29)12-18(17)24(30,31)32/h2-3,12-13,15H,4-11,14H2,1H3,(H,33,38). The molecule has 1 N–H and O–H groups in total. The van der Waals surface area contributed by atoms with E-state index in [0.29, 0.717) is 12.1 Å². The van der Waals surface area contributed by atoms with Crippen LogP contribution >= 0.6 is 0 Å². The van der Waals surface area contributed by atoms with Gasteiger partial charge in [0, 0.05) is 39.5 Å². The summed E-state index contributed by atoms with van der Waals surface area (Å²) in [5.41, 5.74) is -5.34. The van der Waals surface area contributed by atoms with Crippen LogP contribution in [0.1, 0.15) is 60.0 Å². The number of alkyl halides is 8. The van der Waals surface area contributed by atoms with Gasteiger partial charge in [-0.05, 0) is 55.2 Å². The van der Waals surface area contributed by atoms with E-state index in [1.54, 1.807) is 0 Å². The molecule has 4 rings (SSSR count). The molecule has 0 spiro atoms. The molecule has 0 atom stereocenters. The highest BCUT2D eigenvalue weighted by Crippen LogP contribution is 2.50. The van der Waals surface area contributed by atoms with E-state index in [9.17, 15) is 48.3 Å². The second-order valence-electron chi connectivity index (χ2n) is 10.6. The highest BCUT2D eigenvalue weighted by molar-refractivity contribution is 7.89. The van der Waals surface area contributed by atoms with Crippen molar-refractivity contribution in [1.82, 2.24) is 24.6 Å². The smallest absolute Gasteiger partial charge is 0.351 e. The number of rotatable bonds is 6. The van der Waals surface area contributed by atoms with Crippen molar-refractivity contribution >= 4 is 15.9 Å². The Morgan fingerprint density at radius 2 is 1.63 bits per heavy atom. The zero-order valence-electron chi connectivity index (χ0n) is 21.7. The normalized spacial score (nSPS) is 20.6. The Hall–Kier alpha value is -2.82. The molecule has 2 heterocycles. The Bertz CT molecular complexity index is 1370. The SMILES string of the molecule is Cn1cc(S(=O)(=O)N2CCC(C3(CNC(=O)c4ccc(C(F)(F)F)cc4C(F)(F)F)CCC(F)(F)CC3)CC2)nn1. The van der Waals surface area contributed by atoms with Gasteiger partial charge in [-0.2, -0.15) is 30.6 Å². The van der Waals surface area contributed by atoms with Crippen molar-refractivity contribution in [3.05, 3.63) is 41.1 Å². The zero-order chi connectivity index (χ0) is 30.4. The molecule has 228 valence electrons. The van der Waals surface area contributed by atoms with Crippen LogP contribution in [0.25, 0.3) is 0 Å². The minimum atomic E-state index is -5.26. The Balaban J connectivity index is 1.53. The number of aromatic nitrogens is 3. The number of benzene rings is 1. The van der Waals surface area contributed by atoms with Gasteiger partial charge in [0.15, 0.2) is 0 Å². The third kappa shape index (κ3) is 6.65. The number of sulfonamides is 1. The van der Waals surface area contributed by atoms with E-state index < -0.39 is 69.2 Å². The van der Waals surface area contributed by atoms with Gasteiger partial charge in [0.25, 0.3) is 15.9 Å². The number of halogens is 8. The molecule has 0 radical (unpaired) electrons. The van der Waals surface area contributed by atoms with Crippen LogP contribution in [-0.4, -0.2) is 59.2 Å². The van der Waals surface area contributed by atoms with Crippen LogP contribution in [0.15, 0.2) is 29.4 Å². The molecule has 0 bridgehead atoms. The predicted octanol–water partition coefficient (Wildman–Crippen LogP) is 4.88. The molecule has 1 aromatic carbocycles. The van der Waals surface area contributed by atoms with Gasteiger partial charge >= 0.3 is 12.4 Å². The Morgan fingerprint density at radius 3 is 2.15 bits per heavy atom. The quantitative estimate of drug-likeness (QED) is 0.467. The molecule has 1 aliphatic heterocycles. The van der Waals surface area contributed by atoms with Gasteiger partial charge < -0.3 is 5.32 Å². The lowest BCUT2D eigenvalue weighted by atomic mass is 9.62. The van der Waals surface area contributed by atoms with Gasteiger partial charge in [-0.25, -0.2) is 17.2 Å². The summed E-state index contributed by atoms with van der Waals surface area (Å²) >= 11 is 0. The number of carbonyl (C=O) groups is 1. The molecular weight excluding hydrogens is 590 g/mol. The number of amides is 1. The van der Waals surface area contributed by atoms with Crippen LogP contribution < -0.4 is 5.32 Å². The highest BCUT2D eigenvalue weighted by atomic mass is 32.2. The topological polar surface area (TPSA) is 97.2 Å². The monoisotopic (exact) mass is 617 g/mol. The summed E-state index contributed by atoms with van der Waals surface area (Å²) in [7, 11) is -2.47. The molecule has 1 aromatic heterocycles. The lowest BCUT2D eigenvalue weighted by Crippen LogP contribution is -2.50. The number of hydrogen-bond donors (Lipinski definition) is 1. The molecule has 2 aromatic rings. The van der Waals surface area contributed by atoms with Gasteiger partial charge in [0.05, 0.1) is 22.9 Å². The number of piperidine rings is 1. The van der Waals surface area contributed by atoms with Crippen molar-refractivity contribution in [3.63, 3.8) is 0 Å². The summed E-state index contributed by atoms with van der Waals surface area (Å²) in [6.07, 6.45) is -9.87. The van der Waals surface area contributed by atoms with Gasteiger partial charge in [-0.15, -0.1) is 5.10 Å². The van der Waals surface area contributed by atoms with Crippen molar-refractivity contribution in [2.75, 3.05) is 19.6 Å². The van der Waals surface area contributed by atoms with Crippen molar-refractivity contribution < 1.29 is 48.3 Å². The van der Waals surface area contributed by atoms with Gasteiger partial charge in [0.2, 0.25) is 10.9 Å². The molecular formula is C24H27F8N5O3S. The molecule has 1 saturated heterocycles. The van der Waals surface area contributed by atoms with E-state index in [0.717, 1.165) is 0 Å². The average Bonchev–Trinajstić information content (AvgIpc) is 3.34. The average molecular weight is 618 g/mol. The molecule has 17 heteroatoms. The maximum atomic E-state index is 14.1. The summed E-state index contributed by atoms with van der Waals surface area (Å²) in [6, 6.07) is 0.673. The number of aryl methyl sites for hydroxylation is 1. The molecule has 8 nitrogen and oxygen atoms in total. The number of carbonyl (C=O) groups excluding carboxylic acids is 1. The van der Waals surface area contributed by atoms with Crippen molar-refractivity contribution in [2.24, 2.45) is 18.4 Å². The van der Waals surface area contributed by atoms with Crippen LogP contribution in [0.4, 0.5) is 35.1 Å². The van der Waals surface area contributed by atoms with Crippen LogP contribution in [0.2, 0.25) is 0 Å². The van der Waals surface area contributed by atoms with Gasteiger partial charge in [0.1, 0.15) is 0 Å². The Kier molecular flexibility index (Phi) is 8.19. The second kappa shape index (κ2) is 10.8. The molecule has 1 amide bonds. The Morgan fingerprint density at radius 1 is 1.02 bits per heavy atom. The summed E-state index contributed by atoms with van der Waals surface area (Å²) in [6.45, 7) is -0.263. The Labute approximate surface area is 230 Å². The van der Waals surface area contributed by atoms with E-state index in [1.807, 2.05) is 0 Å². The minimum Gasteiger partial charge on any atom is -0.351 e.